The molecular weight excluding hydrogens is 307 g/mol. The van der Waals surface area contributed by atoms with Crippen molar-refractivity contribution in [1.29, 1.82) is 0 Å². The number of carbonyl (C=O) groups is 1. The summed E-state index contributed by atoms with van der Waals surface area (Å²) in [5.74, 6) is 0.514. The summed E-state index contributed by atoms with van der Waals surface area (Å²) < 4.78 is 0.640. The second-order valence-electron chi connectivity index (χ2n) is 3.15. The lowest BCUT2D eigenvalue weighted by Gasteiger charge is -2.08. The third-order valence-electron chi connectivity index (χ3n) is 1.95. The second-order valence-corrected chi connectivity index (χ2v) is 4.35. The highest BCUT2D eigenvalue weighted by Crippen LogP contribution is 2.29. The van der Waals surface area contributed by atoms with Crippen LogP contribution in [0.25, 0.3) is 0 Å². The molecule has 0 fully saturated rings. The van der Waals surface area contributed by atoms with Crippen LogP contribution in [-0.2, 0) is 0 Å². The van der Waals surface area contributed by atoms with Gasteiger partial charge in [0.05, 0.1) is 21.4 Å². The van der Waals surface area contributed by atoms with Crippen LogP contribution in [-0.4, -0.2) is 16.2 Å². The van der Waals surface area contributed by atoms with Gasteiger partial charge in [-0.3, -0.25) is 10.4 Å². The van der Waals surface area contributed by atoms with E-state index < -0.39 is 0 Å². The van der Waals surface area contributed by atoms with E-state index in [-0.39, 0.29) is 6.03 Å². The standard InChI is InChI=1S/C10H8BrClN4O/c11-9-6(12)2-1-3-7(9)14-10(17)15-8-4-5-13-16-8/h1-5H,(H3,13,14,15,16,17). The minimum atomic E-state index is -0.378. The number of nitrogens with zero attached hydrogens (tertiary/aromatic N) is 1. The number of anilines is 2. The molecule has 1 aromatic heterocycles. The zero-order valence-corrected chi connectivity index (χ0v) is 10.8. The van der Waals surface area contributed by atoms with E-state index in [1.54, 1.807) is 30.5 Å². The number of halogens is 2. The summed E-state index contributed by atoms with van der Waals surface area (Å²) in [6.45, 7) is 0. The maximum absolute atomic E-state index is 11.6. The quantitative estimate of drug-likeness (QED) is 0.794. The molecule has 0 aliphatic rings. The van der Waals surface area contributed by atoms with Crippen LogP contribution in [0.2, 0.25) is 5.02 Å². The van der Waals surface area contributed by atoms with Crippen LogP contribution in [0.4, 0.5) is 16.3 Å². The molecule has 0 aliphatic heterocycles. The van der Waals surface area contributed by atoms with Gasteiger partial charge < -0.3 is 5.32 Å². The van der Waals surface area contributed by atoms with Crippen molar-refractivity contribution in [2.75, 3.05) is 10.6 Å². The Morgan fingerprint density at radius 2 is 2.18 bits per heavy atom. The fraction of sp³-hybridized carbons (Fsp3) is 0. The molecular formula is C10H8BrClN4O. The number of urea groups is 1. The zero-order valence-electron chi connectivity index (χ0n) is 8.50. The van der Waals surface area contributed by atoms with Gasteiger partial charge in [-0.05, 0) is 28.1 Å². The Kier molecular flexibility index (Phi) is 3.65. The topological polar surface area (TPSA) is 69.8 Å². The van der Waals surface area contributed by atoms with E-state index in [0.29, 0.717) is 21.0 Å². The first kappa shape index (κ1) is 11.9. The molecule has 1 aromatic carbocycles. The zero-order chi connectivity index (χ0) is 12.3. The van der Waals surface area contributed by atoms with Gasteiger partial charge in [0.2, 0.25) is 0 Å². The van der Waals surface area contributed by atoms with Crippen LogP contribution in [0.15, 0.2) is 34.9 Å². The maximum atomic E-state index is 11.6. The molecule has 88 valence electrons. The summed E-state index contributed by atoms with van der Waals surface area (Å²) in [5.41, 5.74) is 0.592. The van der Waals surface area contributed by atoms with Gasteiger partial charge in [-0.2, -0.15) is 5.10 Å². The van der Waals surface area contributed by atoms with Gasteiger partial charge in [-0.25, -0.2) is 4.79 Å². The number of carbonyl (C=O) groups excluding carboxylic acids is 1. The minimum Gasteiger partial charge on any atom is -0.307 e. The molecule has 0 saturated heterocycles. The summed E-state index contributed by atoms with van der Waals surface area (Å²) in [7, 11) is 0. The van der Waals surface area contributed by atoms with Crippen molar-refractivity contribution in [3.8, 4) is 0 Å². The van der Waals surface area contributed by atoms with E-state index >= 15 is 0 Å². The molecule has 0 radical (unpaired) electrons. The molecule has 0 unspecified atom stereocenters. The highest BCUT2D eigenvalue weighted by molar-refractivity contribution is 9.10. The number of H-pyrrole nitrogens is 1. The monoisotopic (exact) mass is 314 g/mol. The van der Waals surface area contributed by atoms with Crippen molar-refractivity contribution < 1.29 is 4.79 Å². The van der Waals surface area contributed by atoms with Gasteiger partial charge in [0.15, 0.2) is 0 Å². The predicted octanol–water partition coefficient (Wildman–Crippen LogP) is 3.47. The number of rotatable bonds is 2. The third-order valence-corrected chi connectivity index (χ3v) is 3.35. The summed E-state index contributed by atoms with van der Waals surface area (Å²) in [4.78, 5) is 11.6. The fourth-order valence-electron chi connectivity index (χ4n) is 1.20. The second kappa shape index (κ2) is 5.20. The molecule has 0 spiro atoms. The average molecular weight is 316 g/mol. The lowest BCUT2D eigenvalue weighted by molar-refractivity contribution is 0.262. The lowest BCUT2D eigenvalue weighted by atomic mass is 10.3. The number of aromatic amines is 1. The predicted molar refractivity (Wildman–Crippen MR) is 70.4 cm³/mol. The van der Waals surface area contributed by atoms with Gasteiger partial charge in [-0.1, -0.05) is 17.7 Å². The Bertz CT molecular complexity index is 529. The molecule has 0 aliphatic carbocycles. The number of amides is 2. The Labute approximate surface area is 111 Å². The van der Waals surface area contributed by atoms with Crippen molar-refractivity contribution in [3.05, 3.63) is 40.0 Å². The van der Waals surface area contributed by atoms with Crippen molar-refractivity contribution in [2.45, 2.75) is 0 Å². The van der Waals surface area contributed by atoms with E-state index in [0.717, 1.165) is 0 Å². The average Bonchev–Trinajstić information content (AvgIpc) is 2.77. The normalized spacial score (nSPS) is 10.0. The minimum absolute atomic E-state index is 0.378. The van der Waals surface area contributed by atoms with Crippen LogP contribution in [0.3, 0.4) is 0 Å². The van der Waals surface area contributed by atoms with E-state index in [4.69, 9.17) is 11.6 Å². The first-order chi connectivity index (χ1) is 8.16. The highest BCUT2D eigenvalue weighted by Gasteiger charge is 2.08. The van der Waals surface area contributed by atoms with Crippen LogP contribution >= 0.6 is 27.5 Å². The number of hydrogen-bond donors (Lipinski definition) is 3. The number of benzene rings is 1. The summed E-state index contributed by atoms with van der Waals surface area (Å²) in [6.07, 6.45) is 1.55. The third kappa shape index (κ3) is 2.98. The first-order valence-electron chi connectivity index (χ1n) is 4.68. The molecule has 2 amide bonds. The van der Waals surface area contributed by atoms with Crippen molar-refractivity contribution in [1.82, 2.24) is 10.2 Å². The van der Waals surface area contributed by atoms with Gasteiger partial charge in [0.1, 0.15) is 5.82 Å². The van der Waals surface area contributed by atoms with Gasteiger partial charge in [0, 0.05) is 6.07 Å². The largest absolute Gasteiger partial charge is 0.324 e. The lowest BCUT2D eigenvalue weighted by Crippen LogP contribution is -2.19. The molecule has 5 nitrogen and oxygen atoms in total. The Morgan fingerprint density at radius 1 is 1.35 bits per heavy atom. The number of hydrogen-bond acceptors (Lipinski definition) is 2. The van der Waals surface area contributed by atoms with Crippen LogP contribution in [0.1, 0.15) is 0 Å². The fourth-order valence-corrected chi connectivity index (χ4v) is 1.74. The SMILES string of the molecule is O=C(Nc1ccn[nH]1)Nc1cccc(Cl)c1Br. The smallest absolute Gasteiger partial charge is 0.307 e. The summed E-state index contributed by atoms with van der Waals surface area (Å²) in [5, 5.41) is 12.1. The molecule has 0 saturated carbocycles. The van der Waals surface area contributed by atoms with Crippen LogP contribution in [0.5, 0.6) is 0 Å². The Morgan fingerprint density at radius 3 is 2.88 bits per heavy atom. The van der Waals surface area contributed by atoms with E-state index in [1.165, 1.54) is 0 Å². The van der Waals surface area contributed by atoms with E-state index in [1.807, 2.05) is 0 Å². The van der Waals surface area contributed by atoms with Crippen LogP contribution in [0, 0.1) is 0 Å². The molecule has 0 bridgehead atoms. The summed E-state index contributed by atoms with van der Waals surface area (Å²) >= 11 is 9.20. The maximum Gasteiger partial charge on any atom is 0.324 e. The number of aromatic nitrogens is 2. The number of nitrogens with one attached hydrogen (secondary N) is 3. The molecule has 3 N–H and O–H groups in total. The van der Waals surface area contributed by atoms with E-state index in [2.05, 4.69) is 36.8 Å². The molecule has 2 rings (SSSR count). The Balaban J connectivity index is 2.06. The van der Waals surface area contributed by atoms with Gasteiger partial charge >= 0.3 is 6.03 Å². The molecule has 1 heterocycles. The van der Waals surface area contributed by atoms with E-state index in [9.17, 15) is 4.79 Å². The molecule has 0 atom stereocenters. The summed E-state index contributed by atoms with van der Waals surface area (Å²) in [6, 6.07) is 6.48. The molecule has 7 heteroatoms. The highest BCUT2D eigenvalue weighted by atomic mass is 79.9. The van der Waals surface area contributed by atoms with Gasteiger partial charge in [0.25, 0.3) is 0 Å². The molecule has 2 aromatic rings. The van der Waals surface area contributed by atoms with Crippen LogP contribution < -0.4 is 10.6 Å². The van der Waals surface area contributed by atoms with Gasteiger partial charge in [-0.15, -0.1) is 0 Å². The van der Waals surface area contributed by atoms with Crippen molar-refractivity contribution >= 4 is 45.1 Å². The van der Waals surface area contributed by atoms with Crippen molar-refractivity contribution in [3.63, 3.8) is 0 Å². The molecule has 17 heavy (non-hydrogen) atoms. The first-order valence-corrected chi connectivity index (χ1v) is 5.85. The Hall–Kier alpha value is -1.53. The van der Waals surface area contributed by atoms with Crippen molar-refractivity contribution in [2.24, 2.45) is 0 Å².